The molecule has 0 spiro atoms. The number of carbonyl (C=O) groups is 2. The van der Waals surface area contributed by atoms with Crippen molar-refractivity contribution in [3.05, 3.63) is 89.7 Å². The maximum atomic E-state index is 14.6. The van der Waals surface area contributed by atoms with Crippen LogP contribution in [0.3, 0.4) is 0 Å². The number of sulfonamides is 1. The molecule has 1 N–H and O–H groups in total. The summed E-state index contributed by atoms with van der Waals surface area (Å²) in [4.78, 5) is 28.0. The Morgan fingerprint density at radius 3 is 2.27 bits per heavy atom. The number of halogens is 1. The van der Waals surface area contributed by atoms with Gasteiger partial charge in [0.1, 0.15) is 24.2 Å². The third-order valence-electron chi connectivity index (χ3n) is 6.34. The van der Waals surface area contributed by atoms with E-state index in [1.165, 1.54) is 42.2 Å². The number of nitrogens with zero attached hydrogens (tertiary/aromatic N) is 2. The van der Waals surface area contributed by atoms with E-state index in [9.17, 15) is 22.4 Å². The van der Waals surface area contributed by atoms with Crippen molar-refractivity contribution in [1.82, 2.24) is 10.2 Å². The lowest BCUT2D eigenvalue weighted by atomic mass is 10.1. The van der Waals surface area contributed by atoms with E-state index in [0.29, 0.717) is 13.0 Å². The van der Waals surface area contributed by atoms with Gasteiger partial charge in [0, 0.05) is 18.7 Å². The molecule has 1 atom stereocenters. The topological polar surface area (TPSA) is 96.0 Å². The van der Waals surface area contributed by atoms with E-state index in [-0.39, 0.29) is 35.0 Å². The first-order valence-electron chi connectivity index (χ1n) is 13.2. The maximum Gasteiger partial charge on any atom is 0.264 e. The lowest BCUT2D eigenvalue weighted by molar-refractivity contribution is -0.139. The number of benzene rings is 3. The highest BCUT2D eigenvalue weighted by Crippen LogP contribution is 2.33. The van der Waals surface area contributed by atoms with Gasteiger partial charge in [0.2, 0.25) is 11.8 Å². The Kier molecular flexibility index (Phi) is 10.7. The van der Waals surface area contributed by atoms with Crippen LogP contribution in [0.4, 0.5) is 10.1 Å². The Morgan fingerprint density at radius 2 is 1.62 bits per heavy atom. The van der Waals surface area contributed by atoms with Crippen LogP contribution in [0.2, 0.25) is 0 Å². The smallest absolute Gasteiger partial charge is 0.264 e. The van der Waals surface area contributed by atoms with Gasteiger partial charge in [-0.3, -0.25) is 13.9 Å². The highest BCUT2D eigenvalue weighted by atomic mass is 32.2. The normalized spacial score (nSPS) is 11.9. The van der Waals surface area contributed by atoms with Crippen LogP contribution in [0.25, 0.3) is 0 Å². The first kappa shape index (κ1) is 30.6. The number of anilines is 1. The molecule has 3 aromatic rings. The van der Waals surface area contributed by atoms with Crippen LogP contribution in [0, 0.1) is 12.7 Å². The number of amides is 2. The molecule has 0 unspecified atom stereocenters. The molecular weight excluding hydrogens is 533 g/mol. The van der Waals surface area contributed by atoms with Crippen LogP contribution in [-0.4, -0.2) is 50.9 Å². The first-order chi connectivity index (χ1) is 19.1. The summed E-state index contributed by atoms with van der Waals surface area (Å²) in [6.07, 6.45) is 0.691. The molecular formula is C30H36FN3O5S. The van der Waals surface area contributed by atoms with Gasteiger partial charge in [-0.1, -0.05) is 55.0 Å². The molecule has 0 radical (unpaired) electrons. The van der Waals surface area contributed by atoms with E-state index in [0.717, 1.165) is 9.87 Å². The molecule has 0 aliphatic rings. The van der Waals surface area contributed by atoms with Crippen LogP contribution >= 0.6 is 0 Å². The van der Waals surface area contributed by atoms with Crippen LogP contribution in [0.15, 0.2) is 77.7 Å². The van der Waals surface area contributed by atoms with Gasteiger partial charge in [0.25, 0.3) is 10.0 Å². The molecule has 3 aromatic carbocycles. The number of hydrogen-bond acceptors (Lipinski definition) is 5. The SMILES string of the molecule is CCCNC(=O)[C@@H](C)N(Cc1ccccc1F)C(=O)CN(c1ccccc1OCC)S(=O)(=O)c1ccc(C)cc1. The largest absolute Gasteiger partial charge is 0.492 e. The zero-order chi connectivity index (χ0) is 29.3. The summed E-state index contributed by atoms with van der Waals surface area (Å²) in [6.45, 7) is 6.87. The molecule has 2 amide bonds. The third kappa shape index (κ3) is 7.38. The van der Waals surface area contributed by atoms with E-state index in [4.69, 9.17) is 4.74 Å². The lowest BCUT2D eigenvalue weighted by Crippen LogP contribution is -2.51. The van der Waals surface area contributed by atoms with E-state index < -0.39 is 40.2 Å². The summed E-state index contributed by atoms with van der Waals surface area (Å²) in [5, 5.41) is 2.76. The number of nitrogens with one attached hydrogen (secondary N) is 1. The highest BCUT2D eigenvalue weighted by Gasteiger charge is 2.34. The summed E-state index contributed by atoms with van der Waals surface area (Å²) >= 11 is 0. The molecule has 0 fully saturated rings. The van der Waals surface area contributed by atoms with Gasteiger partial charge in [0.15, 0.2) is 0 Å². The van der Waals surface area contributed by atoms with Gasteiger partial charge in [-0.05, 0) is 57.5 Å². The van der Waals surface area contributed by atoms with Crippen LogP contribution in [0.1, 0.15) is 38.3 Å². The molecule has 0 aliphatic carbocycles. The fourth-order valence-corrected chi connectivity index (χ4v) is 5.50. The standard InChI is InChI=1S/C30H36FN3O5S/c1-5-19-32-30(36)23(4)33(20-24-11-7-8-12-26(24)31)29(35)21-34(27-13-9-10-14-28(27)39-6-2)40(37,38)25-17-15-22(3)16-18-25/h7-18,23H,5-6,19-21H2,1-4H3,(H,32,36)/t23-/m1/s1. The minimum absolute atomic E-state index is 0.00778. The lowest BCUT2D eigenvalue weighted by Gasteiger charge is -2.32. The van der Waals surface area contributed by atoms with Crippen molar-refractivity contribution in [3.63, 3.8) is 0 Å². The average molecular weight is 570 g/mol. The maximum absolute atomic E-state index is 14.6. The molecule has 214 valence electrons. The summed E-state index contributed by atoms with van der Waals surface area (Å²) in [6, 6.07) is 17.8. The molecule has 0 aromatic heterocycles. The van der Waals surface area contributed by atoms with Gasteiger partial charge in [-0.25, -0.2) is 12.8 Å². The van der Waals surface area contributed by atoms with E-state index >= 15 is 0 Å². The molecule has 3 rings (SSSR count). The molecule has 0 bridgehead atoms. The fourth-order valence-electron chi connectivity index (χ4n) is 4.08. The quantitative estimate of drug-likeness (QED) is 0.323. The van der Waals surface area contributed by atoms with Crippen molar-refractivity contribution in [3.8, 4) is 5.75 Å². The average Bonchev–Trinajstić information content (AvgIpc) is 2.94. The molecule has 10 heteroatoms. The van der Waals surface area contributed by atoms with Crippen molar-refractivity contribution in [1.29, 1.82) is 0 Å². The molecule has 0 saturated heterocycles. The van der Waals surface area contributed by atoms with Crippen molar-refractivity contribution in [2.75, 3.05) is 24.0 Å². The van der Waals surface area contributed by atoms with Crippen LogP contribution in [-0.2, 0) is 26.2 Å². The summed E-state index contributed by atoms with van der Waals surface area (Å²) in [5.41, 5.74) is 1.25. The van der Waals surface area contributed by atoms with Crippen LogP contribution < -0.4 is 14.4 Å². The van der Waals surface area contributed by atoms with Crippen molar-refractivity contribution in [2.45, 2.75) is 51.6 Å². The number of hydrogen-bond donors (Lipinski definition) is 1. The van der Waals surface area contributed by atoms with Gasteiger partial charge in [-0.15, -0.1) is 0 Å². The number of carbonyl (C=O) groups excluding carboxylic acids is 2. The van der Waals surface area contributed by atoms with Crippen molar-refractivity contribution < 1.29 is 27.1 Å². The summed E-state index contributed by atoms with van der Waals surface area (Å²) in [7, 11) is -4.25. The second-order valence-corrected chi connectivity index (χ2v) is 11.2. The fraction of sp³-hybridized carbons (Fsp3) is 0.333. The zero-order valence-corrected chi connectivity index (χ0v) is 24.1. The number of para-hydroxylation sites is 2. The third-order valence-corrected chi connectivity index (χ3v) is 8.11. The molecule has 0 heterocycles. The zero-order valence-electron chi connectivity index (χ0n) is 23.3. The number of rotatable bonds is 13. The van der Waals surface area contributed by atoms with E-state index in [1.54, 1.807) is 49.4 Å². The van der Waals surface area contributed by atoms with Gasteiger partial charge in [-0.2, -0.15) is 0 Å². The van der Waals surface area contributed by atoms with Gasteiger partial charge < -0.3 is 15.0 Å². The Morgan fingerprint density at radius 1 is 0.975 bits per heavy atom. The van der Waals surface area contributed by atoms with Crippen LogP contribution in [0.5, 0.6) is 5.75 Å². The van der Waals surface area contributed by atoms with E-state index in [2.05, 4.69) is 5.32 Å². The number of ether oxygens (including phenoxy) is 1. The minimum atomic E-state index is -4.25. The molecule has 0 saturated carbocycles. The molecule has 0 aliphatic heterocycles. The second-order valence-electron chi connectivity index (χ2n) is 9.31. The Hall–Kier alpha value is -3.92. The Labute approximate surface area is 235 Å². The first-order valence-corrected chi connectivity index (χ1v) is 14.7. The second kappa shape index (κ2) is 13.9. The van der Waals surface area contributed by atoms with Crippen molar-refractivity contribution in [2.24, 2.45) is 0 Å². The number of aryl methyl sites for hydroxylation is 1. The molecule has 40 heavy (non-hydrogen) atoms. The molecule has 8 nitrogen and oxygen atoms in total. The predicted molar refractivity (Wildman–Crippen MR) is 153 cm³/mol. The minimum Gasteiger partial charge on any atom is -0.492 e. The summed E-state index contributed by atoms with van der Waals surface area (Å²) < 4.78 is 49.3. The Bertz CT molecular complexity index is 1410. The predicted octanol–water partition coefficient (Wildman–Crippen LogP) is 4.67. The van der Waals surface area contributed by atoms with Gasteiger partial charge >= 0.3 is 0 Å². The Balaban J connectivity index is 2.08. The van der Waals surface area contributed by atoms with Gasteiger partial charge in [0.05, 0.1) is 17.2 Å². The van der Waals surface area contributed by atoms with Crippen molar-refractivity contribution >= 4 is 27.5 Å². The monoisotopic (exact) mass is 569 g/mol. The highest BCUT2D eigenvalue weighted by molar-refractivity contribution is 7.92. The summed E-state index contributed by atoms with van der Waals surface area (Å²) in [5.74, 6) is -1.35. The van der Waals surface area contributed by atoms with E-state index in [1.807, 2.05) is 13.8 Å².